The molecule has 2 atom stereocenters. The van der Waals surface area contributed by atoms with Crippen LogP contribution in [-0.2, 0) is 29.0 Å². The molecule has 7 nitrogen and oxygen atoms in total. The minimum absolute atomic E-state index is 0.123. The molecule has 0 spiro atoms. The molecule has 1 aliphatic rings. The minimum atomic E-state index is -0.550. The Balaban J connectivity index is 1.34. The first kappa shape index (κ1) is 26.5. The van der Waals surface area contributed by atoms with Crippen LogP contribution in [0.2, 0.25) is 0 Å². The summed E-state index contributed by atoms with van der Waals surface area (Å²) in [5.74, 6) is 0.0406. The van der Waals surface area contributed by atoms with E-state index >= 15 is 0 Å². The minimum Gasteiger partial charge on any atom is -0.462 e. The van der Waals surface area contributed by atoms with E-state index in [-0.39, 0.29) is 18.1 Å². The van der Waals surface area contributed by atoms with Gasteiger partial charge in [-0.3, -0.25) is 4.68 Å². The third kappa shape index (κ3) is 7.44. The first-order valence-corrected chi connectivity index (χ1v) is 13.1. The SMILES string of the molecule is CCOC(=O)c1ccc(CCCn2cc(CN(C(=O)OC(C)(C)C)[C@@H]3CC3c3ccccc3)cn2)cc1. The predicted octanol–water partition coefficient (Wildman–Crippen LogP) is 5.99. The van der Waals surface area contributed by atoms with Crippen LogP contribution in [0.15, 0.2) is 67.0 Å². The summed E-state index contributed by atoms with van der Waals surface area (Å²) in [6.45, 7) is 9.10. The van der Waals surface area contributed by atoms with Crippen LogP contribution in [0.25, 0.3) is 0 Å². The molecular weight excluding hydrogens is 466 g/mol. The van der Waals surface area contributed by atoms with Gasteiger partial charge in [0, 0.05) is 30.3 Å². The number of carbonyl (C=O) groups is 2. The predicted molar refractivity (Wildman–Crippen MR) is 142 cm³/mol. The fourth-order valence-electron chi connectivity index (χ4n) is 4.50. The van der Waals surface area contributed by atoms with E-state index in [1.54, 1.807) is 6.92 Å². The van der Waals surface area contributed by atoms with Crippen molar-refractivity contribution in [3.8, 4) is 0 Å². The second-order valence-corrected chi connectivity index (χ2v) is 10.6. The number of aryl methyl sites for hydroxylation is 2. The van der Waals surface area contributed by atoms with Crippen molar-refractivity contribution in [3.05, 3.63) is 89.2 Å². The topological polar surface area (TPSA) is 73.7 Å². The van der Waals surface area contributed by atoms with Gasteiger partial charge in [-0.25, -0.2) is 9.59 Å². The zero-order chi connectivity index (χ0) is 26.4. The number of hydrogen-bond donors (Lipinski definition) is 0. The molecule has 196 valence electrons. The second-order valence-electron chi connectivity index (χ2n) is 10.6. The van der Waals surface area contributed by atoms with E-state index in [1.165, 1.54) is 5.56 Å². The third-order valence-corrected chi connectivity index (χ3v) is 6.37. The van der Waals surface area contributed by atoms with Crippen LogP contribution in [0.1, 0.15) is 73.5 Å². The van der Waals surface area contributed by atoms with E-state index in [4.69, 9.17) is 9.47 Å². The molecule has 37 heavy (non-hydrogen) atoms. The average Bonchev–Trinajstić information content (AvgIpc) is 3.53. The lowest BCUT2D eigenvalue weighted by Gasteiger charge is -2.27. The van der Waals surface area contributed by atoms with Crippen molar-refractivity contribution in [2.24, 2.45) is 0 Å². The maximum atomic E-state index is 13.1. The highest BCUT2D eigenvalue weighted by Gasteiger charge is 2.46. The van der Waals surface area contributed by atoms with Crippen LogP contribution in [0, 0.1) is 0 Å². The van der Waals surface area contributed by atoms with Gasteiger partial charge < -0.3 is 14.4 Å². The third-order valence-electron chi connectivity index (χ3n) is 6.37. The van der Waals surface area contributed by atoms with Crippen molar-refractivity contribution < 1.29 is 19.1 Å². The molecule has 0 aliphatic heterocycles. The van der Waals surface area contributed by atoms with Gasteiger partial charge >= 0.3 is 12.1 Å². The number of amides is 1. The maximum Gasteiger partial charge on any atom is 0.410 e. The Morgan fingerprint density at radius 3 is 2.46 bits per heavy atom. The van der Waals surface area contributed by atoms with Crippen LogP contribution in [0.3, 0.4) is 0 Å². The van der Waals surface area contributed by atoms with Crippen LogP contribution in [0.4, 0.5) is 4.79 Å². The van der Waals surface area contributed by atoms with Gasteiger partial charge in [-0.2, -0.15) is 5.10 Å². The fourth-order valence-corrected chi connectivity index (χ4v) is 4.50. The zero-order valence-corrected chi connectivity index (χ0v) is 22.2. The lowest BCUT2D eigenvalue weighted by molar-refractivity contribution is 0.0212. The molecule has 0 saturated heterocycles. The van der Waals surface area contributed by atoms with Crippen molar-refractivity contribution in [2.45, 2.75) is 77.6 Å². The number of aromatic nitrogens is 2. The molecule has 0 radical (unpaired) electrons. The quantitative estimate of drug-likeness (QED) is 0.318. The monoisotopic (exact) mass is 503 g/mol. The van der Waals surface area contributed by atoms with Crippen LogP contribution < -0.4 is 0 Å². The molecule has 1 aliphatic carbocycles. The molecule has 2 aromatic carbocycles. The van der Waals surface area contributed by atoms with Gasteiger partial charge in [0.15, 0.2) is 0 Å². The molecule has 7 heteroatoms. The Kier molecular flexibility index (Phi) is 8.31. The smallest absolute Gasteiger partial charge is 0.410 e. The van der Waals surface area contributed by atoms with Crippen molar-refractivity contribution >= 4 is 12.1 Å². The lowest BCUT2D eigenvalue weighted by Crippen LogP contribution is -2.38. The molecule has 1 heterocycles. The van der Waals surface area contributed by atoms with Crippen LogP contribution >= 0.6 is 0 Å². The Morgan fingerprint density at radius 1 is 1.05 bits per heavy atom. The number of benzene rings is 2. The average molecular weight is 504 g/mol. The van der Waals surface area contributed by atoms with E-state index in [0.29, 0.717) is 24.6 Å². The molecule has 3 aromatic rings. The van der Waals surface area contributed by atoms with Crippen molar-refractivity contribution in [2.75, 3.05) is 6.61 Å². The molecule has 1 amide bonds. The van der Waals surface area contributed by atoms with Crippen molar-refractivity contribution in [3.63, 3.8) is 0 Å². The Labute approximate surface area is 219 Å². The summed E-state index contributed by atoms with van der Waals surface area (Å²) >= 11 is 0. The number of ether oxygens (including phenoxy) is 2. The molecule has 1 saturated carbocycles. The van der Waals surface area contributed by atoms with Gasteiger partial charge in [-0.05, 0) is 70.2 Å². The second kappa shape index (κ2) is 11.6. The zero-order valence-electron chi connectivity index (χ0n) is 22.2. The number of nitrogens with zero attached hydrogens (tertiary/aromatic N) is 3. The molecule has 1 fully saturated rings. The molecule has 0 N–H and O–H groups in total. The summed E-state index contributed by atoms with van der Waals surface area (Å²) in [4.78, 5) is 26.8. The molecule has 4 rings (SSSR count). The van der Waals surface area contributed by atoms with E-state index in [0.717, 1.165) is 36.9 Å². The van der Waals surface area contributed by atoms with E-state index < -0.39 is 5.60 Å². The van der Waals surface area contributed by atoms with E-state index in [9.17, 15) is 9.59 Å². The summed E-state index contributed by atoms with van der Waals surface area (Å²) in [6, 6.07) is 18.0. The number of esters is 1. The first-order chi connectivity index (χ1) is 17.7. The standard InChI is InChI=1S/C30H37N3O4/c1-5-36-28(34)25-15-13-22(14-16-25)10-9-17-32-20-23(19-31-32)21-33(29(35)37-30(2,3)4)27-18-26(27)24-11-7-6-8-12-24/h6-8,11-16,19-20,26-27H,5,9-10,17-18,21H2,1-4H3/t26?,27-/m1/s1. The largest absolute Gasteiger partial charge is 0.462 e. The highest BCUT2D eigenvalue weighted by atomic mass is 16.6. The Morgan fingerprint density at radius 2 is 1.78 bits per heavy atom. The maximum absolute atomic E-state index is 13.1. The van der Waals surface area contributed by atoms with E-state index in [1.807, 2.05) is 85.2 Å². The number of carbonyl (C=O) groups excluding carboxylic acids is 2. The van der Waals surface area contributed by atoms with E-state index in [2.05, 4.69) is 17.2 Å². The number of rotatable bonds is 10. The van der Waals surface area contributed by atoms with Crippen molar-refractivity contribution in [1.29, 1.82) is 0 Å². The fraction of sp³-hybridized carbons (Fsp3) is 0.433. The van der Waals surface area contributed by atoms with Crippen LogP contribution in [-0.4, -0.2) is 45.0 Å². The van der Waals surface area contributed by atoms with Gasteiger partial charge in [0.2, 0.25) is 0 Å². The Hall–Kier alpha value is -3.61. The van der Waals surface area contributed by atoms with Gasteiger partial charge in [-0.1, -0.05) is 42.5 Å². The summed E-state index contributed by atoms with van der Waals surface area (Å²) in [6.07, 6.45) is 6.30. The molecule has 1 aromatic heterocycles. The molecule has 0 bridgehead atoms. The highest BCUT2D eigenvalue weighted by Crippen LogP contribution is 2.45. The number of hydrogen-bond acceptors (Lipinski definition) is 5. The highest BCUT2D eigenvalue weighted by molar-refractivity contribution is 5.89. The normalized spacial score (nSPS) is 16.8. The summed E-state index contributed by atoms with van der Waals surface area (Å²) in [5, 5.41) is 4.53. The summed E-state index contributed by atoms with van der Waals surface area (Å²) in [7, 11) is 0. The van der Waals surface area contributed by atoms with Gasteiger partial charge in [0.25, 0.3) is 0 Å². The van der Waals surface area contributed by atoms with Gasteiger partial charge in [-0.15, -0.1) is 0 Å². The summed E-state index contributed by atoms with van der Waals surface area (Å²) < 4.78 is 12.7. The lowest BCUT2D eigenvalue weighted by atomic mass is 10.1. The summed E-state index contributed by atoms with van der Waals surface area (Å²) in [5.41, 5.74) is 3.43. The van der Waals surface area contributed by atoms with Crippen molar-refractivity contribution in [1.82, 2.24) is 14.7 Å². The molecular formula is C30H37N3O4. The molecule has 1 unspecified atom stereocenters. The van der Waals surface area contributed by atoms with Gasteiger partial charge in [0.1, 0.15) is 5.60 Å². The Bertz CT molecular complexity index is 1180. The van der Waals surface area contributed by atoms with Crippen LogP contribution in [0.5, 0.6) is 0 Å². The van der Waals surface area contributed by atoms with Gasteiger partial charge in [0.05, 0.1) is 24.9 Å². The first-order valence-electron chi connectivity index (χ1n) is 13.1.